The molecule has 1 atom stereocenters. The van der Waals surface area contributed by atoms with Crippen LogP contribution in [0, 0.1) is 17.6 Å². The Morgan fingerprint density at radius 1 is 1.40 bits per heavy atom. The van der Waals surface area contributed by atoms with Crippen molar-refractivity contribution in [2.45, 2.75) is 31.8 Å². The number of hydrogen-bond donors (Lipinski definition) is 1. The standard InChI is InChI=1S/C12H14F2O/c1-12(15,7-8-2-3-8)10-6-9(13)4-5-11(10)14/h4-6,8,15H,2-3,7H2,1H3. The van der Waals surface area contributed by atoms with Gasteiger partial charge in [0.2, 0.25) is 0 Å². The molecule has 0 aliphatic heterocycles. The van der Waals surface area contributed by atoms with Crippen LogP contribution in [-0.2, 0) is 5.60 Å². The predicted octanol–water partition coefficient (Wildman–Crippen LogP) is 2.97. The molecule has 1 unspecified atom stereocenters. The van der Waals surface area contributed by atoms with E-state index in [1.165, 1.54) is 0 Å². The van der Waals surface area contributed by atoms with Gasteiger partial charge in [0.15, 0.2) is 0 Å². The fourth-order valence-electron chi connectivity index (χ4n) is 1.90. The Labute approximate surface area is 87.7 Å². The lowest BCUT2D eigenvalue weighted by Gasteiger charge is -2.24. The molecule has 1 fully saturated rings. The minimum atomic E-state index is -1.26. The third kappa shape index (κ3) is 2.34. The van der Waals surface area contributed by atoms with Gasteiger partial charge in [-0.15, -0.1) is 0 Å². The molecule has 0 aromatic heterocycles. The summed E-state index contributed by atoms with van der Waals surface area (Å²) in [6.07, 6.45) is 2.66. The van der Waals surface area contributed by atoms with E-state index in [0.717, 1.165) is 31.0 Å². The summed E-state index contributed by atoms with van der Waals surface area (Å²) in [6, 6.07) is 3.20. The topological polar surface area (TPSA) is 20.2 Å². The minimum Gasteiger partial charge on any atom is -0.385 e. The predicted molar refractivity (Wildman–Crippen MR) is 53.3 cm³/mol. The molecule has 0 spiro atoms. The third-order valence-electron chi connectivity index (χ3n) is 2.89. The molecule has 0 amide bonds. The molecule has 0 bridgehead atoms. The molecule has 0 radical (unpaired) electrons. The van der Waals surface area contributed by atoms with Gasteiger partial charge < -0.3 is 5.11 Å². The largest absolute Gasteiger partial charge is 0.385 e. The number of halogens is 2. The summed E-state index contributed by atoms with van der Waals surface area (Å²) < 4.78 is 26.4. The van der Waals surface area contributed by atoms with Crippen LogP contribution in [0.15, 0.2) is 18.2 Å². The molecule has 0 heterocycles. The van der Waals surface area contributed by atoms with E-state index in [1.807, 2.05) is 0 Å². The highest BCUT2D eigenvalue weighted by molar-refractivity contribution is 5.24. The van der Waals surface area contributed by atoms with Crippen LogP contribution in [0.2, 0.25) is 0 Å². The highest BCUT2D eigenvalue weighted by Crippen LogP contribution is 2.41. The molecule has 1 N–H and O–H groups in total. The second-order valence-corrected chi connectivity index (χ2v) is 4.55. The average molecular weight is 212 g/mol. The lowest BCUT2D eigenvalue weighted by molar-refractivity contribution is 0.0378. The van der Waals surface area contributed by atoms with Gasteiger partial charge in [0.1, 0.15) is 11.6 Å². The molecule has 2 rings (SSSR count). The summed E-state index contributed by atoms with van der Waals surface area (Å²) >= 11 is 0. The van der Waals surface area contributed by atoms with Crippen molar-refractivity contribution in [2.24, 2.45) is 5.92 Å². The Balaban J connectivity index is 2.28. The molecular weight excluding hydrogens is 198 g/mol. The third-order valence-corrected chi connectivity index (χ3v) is 2.89. The first-order valence-corrected chi connectivity index (χ1v) is 5.17. The van der Waals surface area contributed by atoms with Crippen LogP contribution in [0.5, 0.6) is 0 Å². The van der Waals surface area contributed by atoms with Crippen molar-refractivity contribution in [1.82, 2.24) is 0 Å². The molecule has 1 saturated carbocycles. The summed E-state index contributed by atoms with van der Waals surface area (Å²) in [6.45, 7) is 1.54. The van der Waals surface area contributed by atoms with E-state index < -0.39 is 17.2 Å². The van der Waals surface area contributed by atoms with Crippen molar-refractivity contribution < 1.29 is 13.9 Å². The molecule has 3 heteroatoms. The summed E-state index contributed by atoms with van der Waals surface area (Å²) in [5.41, 5.74) is -1.19. The van der Waals surface area contributed by atoms with Crippen molar-refractivity contribution in [3.05, 3.63) is 35.4 Å². The SMILES string of the molecule is CC(O)(CC1CC1)c1cc(F)ccc1F. The Morgan fingerprint density at radius 2 is 2.07 bits per heavy atom. The fourth-order valence-corrected chi connectivity index (χ4v) is 1.90. The average Bonchev–Trinajstić information content (AvgIpc) is 2.92. The Hall–Kier alpha value is -0.960. The van der Waals surface area contributed by atoms with Gasteiger partial charge in [-0.1, -0.05) is 12.8 Å². The van der Waals surface area contributed by atoms with Crippen molar-refractivity contribution in [3.63, 3.8) is 0 Å². The first-order chi connectivity index (χ1) is 6.99. The smallest absolute Gasteiger partial charge is 0.129 e. The van der Waals surface area contributed by atoms with E-state index in [1.54, 1.807) is 6.92 Å². The second kappa shape index (κ2) is 3.56. The first kappa shape index (κ1) is 10.6. The van der Waals surface area contributed by atoms with Crippen molar-refractivity contribution in [3.8, 4) is 0 Å². The number of rotatable bonds is 3. The van der Waals surface area contributed by atoms with E-state index >= 15 is 0 Å². The summed E-state index contributed by atoms with van der Waals surface area (Å²) in [5, 5.41) is 10.1. The van der Waals surface area contributed by atoms with Gasteiger partial charge in [-0.2, -0.15) is 0 Å². The molecule has 1 nitrogen and oxygen atoms in total. The van der Waals surface area contributed by atoms with Crippen molar-refractivity contribution in [2.75, 3.05) is 0 Å². The quantitative estimate of drug-likeness (QED) is 0.816. The van der Waals surface area contributed by atoms with Gasteiger partial charge in [0, 0.05) is 5.56 Å². The van der Waals surface area contributed by atoms with Crippen LogP contribution in [0.4, 0.5) is 8.78 Å². The van der Waals surface area contributed by atoms with Gasteiger partial charge >= 0.3 is 0 Å². The zero-order valence-corrected chi connectivity index (χ0v) is 8.63. The van der Waals surface area contributed by atoms with E-state index in [9.17, 15) is 13.9 Å². The normalized spacial score (nSPS) is 20.0. The lowest BCUT2D eigenvalue weighted by atomic mass is 9.90. The molecular formula is C12H14F2O. The molecule has 15 heavy (non-hydrogen) atoms. The lowest BCUT2D eigenvalue weighted by Crippen LogP contribution is -2.23. The molecule has 0 saturated heterocycles. The van der Waals surface area contributed by atoms with Crippen molar-refractivity contribution >= 4 is 0 Å². The van der Waals surface area contributed by atoms with Gasteiger partial charge in [-0.3, -0.25) is 0 Å². The van der Waals surface area contributed by atoms with Gasteiger partial charge in [-0.25, -0.2) is 8.78 Å². The molecule has 1 aliphatic rings. The Kier molecular flexibility index (Phi) is 2.51. The molecule has 1 aliphatic carbocycles. The maximum atomic E-state index is 13.4. The maximum absolute atomic E-state index is 13.4. The molecule has 82 valence electrons. The number of benzene rings is 1. The van der Waals surface area contributed by atoms with Gasteiger partial charge in [0.05, 0.1) is 5.60 Å². The number of aliphatic hydroxyl groups is 1. The maximum Gasteiger partial charge on any atom is 0.129 e. The van der Waals surface area contributed by atoms with Crippen LogP contribution < -0.4 is 0 Å². The highest BCUT2D eigenvalue weighted by Gasteiger charge is 2.34. The minimum absolute atomic E-state index is 0.0643. The molecule has 1 aromatic rings. The summed E-state index contributed by atoms with van der Waals surface area (Å²) in [4.78, 5) is 0. The van der Waals surface area contributed by atoms with E-state index in [0.29, 0.717) is 12.3 Å². The van der Waals surface area contributed by atoms with Crippen LogP contribution in [0.1, 0.15) is 31.7 Å². The van der Waals surface area contributed by atoms with Crippen LogP contribution in [-0.4, -0.2) is 5.11 Å². The fraction of sp³-hybridized carbons (Fsp3) is 0.500. The van der Waals surface area contributed by atoms with E-state index in [2.05, 4.69) is 0 Å². The van der Waals surface area contributed by atoms with Crippen LogP contribution >= 0.6 is 0 Å². The van der Waals surface area contributed by atoms with E-state index in [-0.39, 0.29) is 5.56 Å². The molecule has 1 aromatic carbocycles. The Bertz CT molecular complexity index is 370. The van der Waals surface area contributed by atoms with Crippen LogP contribution in [0.25, 0.3) is 0 Å². The van der Waals surface area contributed by atoms with Gasteiger partial charge in [-0.05, 0) is 37.5 Å². The van der Waals surface area contributed by atoms with E-state index in [4.69, 9.17) is 0 Å². The van der Waals surface area contributed by atoms with Gasteiger partial charge in [0.25, 0.3) is 0 Å². The van der Waals surface area contributed by atoms with Crippen LogP contribution in [0.3, 0.4) is 0 Å². The zero-order chi connectivity index (χ0) is 11.1. The zero-order valence-electron chi connectivity index (χ0n) is 8.63. The van der Waals surface area contributed by atoms with Crippen molar-refractivity contribution in [1.29, 1.82) is 0 Å². The number of hydrogen-bond acceptors (Lipinski definition) is 1. The highest BCUT2D eigenvalue weighted by atomic mass is 19.1. The summed E-state index contributed by atoms with van der Waals surface area (Å²) in [5.74, 6) is -0.591. The Morgan fingerprint density at radius 3 is 2.67 bits per heavy atom. The summed E-state index contributed by atoms with van der Waals surface area (Å²) in [7, 11) is 0. The first-order valence-electron chi connectivity index (χ1n) is 5.17. The second-order valence-electron chi connectivity index (χ2n) is 4.55. The monoisotopic (exact) mass is 212 g/mol.